The smallest absolute Gasteiger partial charge is 0.125 e. The number of aryl methyl sites for hydroxylation is 1. The van der Waals surface area contributed by atoms with Crippen molar-refractivity contribution in [3.63, 3.8) is 0 Å². The van der Waals surface area contributed by atoms with Crippen LogP contribution in [-0.4, -0.2) is 19.3 Å². The maximum absolute atomic E-state index is 9.15. The minimum absolute atomic E-state index is 0.298. The summed E-state index contributed by atoms with van der Waals surface area (Å²) in [6.07, 6.45) is 1.90. The van der Waals surface area contributed by atoms with Crippen molar-refractivity contribution in [1.82, 2.24) is 19.3 Å². The number of nitrogens with zero attached hydrogens (tertiary/aromatic N) is 5. The van der Waals surface area contributed by atoms with Crippen LogP contribution in [0.2, 0.25) is 0 Å². The lowest BCUT2D eigenvalue weighted by Gasteiger charge is -2.05. The minimum atomic E-state index is 0.298. The zero-order valence-electron chi connectivity index (χ0n) is 10.9. The predicted octanol–water partition coefficient (Wildman–Crippen LogP) is 2.43. The molecule has 0 aliphatic rings. The molecule has 0 aliphatic heterocycles. The predicted molar refractivity (Wildman–Crippen MR) is 76.3 cm³/mol. The number of para-hydroxylation sites is 1. The molecule has 0 atom stereocenters. The Morgan fingerprint density at radius 2 is 2.20 bits per heavy atom. The van der Waals surface area contributed by atoms with Crippen LogP contribution < -0.4 is 0 Å². The van der Waals surface area contributed by atoms with Gasteiger partial charge in [0.05, 0.1) is 29.2 Å². The van der Waals surface area contributed by atoms with Crippen molar-refractivity contribution in [1.29, 1.82) is 5.26 Å². The third kappa shape index (κ3) is 2.04. The number of hydrogen-bond acceptors (Lipinski definition) is 3. The average Bonchev–Trinajstić information content (AvgIpc) is 3.03. The molecular formula is C14H12ClN5. The van der Waals surface area contributed by atoms with Crippen LogP contribution in [0.25, 0.3) is 11.0 Å². The minimum Gasteiger partial charge on any atom is -0.321 e. The fourth-order valence-corrected chi connectivity index (χ4v) is 2.48. The molecule has 0 saturated carbocycles. The van der Waals surface area contributed by atoms with Gasteiger partial charge in [0, 0.05) is 13.2 Å². The second kappa shape index (κ2) is 4.99. The Bertz CT molecular complexity index is 809. The molecule has 5 nitrogen and oxygen atoms in total. The van der Waals surface area contributed by atoms with Crippen molar-refractivity contribution in [2.45, 2.75) is 12.4 Å². The van der Waals surface area contributed by atoms with Crippen LogP contribution in [-0.2, 0) is 19.5 Å². The molecule has 0 bridgehead atoms. The molecule has 20 heavy (non-hydrogen) atoms. The molecule has 2 aromatic heterocycles. The summed E-state index contributed by atoms with van der Waals surface area (Å²) in [7, 11) is 1.88. The molecule has 0 amide bonds. The van der Waals surface area contributed by atoms with Gasteiger partial charge < -0.3 is 4.57 Å². The molecule has 0 aliphatic carbocycles. The van der Waals surface area contributed by atoms with Gasteiger partial charge in [0.2, 0.25) is 0 Å². The highest BCUT2D eigenvalue weighted by Gasteiger charge is 2.13. The fourth-order valence-electron chi connectivity index (χ4n) is 2.27. The highest BCUT2D eigenvalue weighted by Crippen LogP contribution is 2.21. The first kappa shape index (κ1) is 12.7. The quantitative estimate of drug-likeness (QED) is 0.695. The van der Waals surface area contributed by atoms with E-state index in [4.69, 9.17) is 16.9 Å². The number of rotatable bonds is 3. The van der Waals surface area contributed by atoms with E-state index in [0.717, 1.165) is 17.0 Å². The van der Waals surface area contributed by atoms with Crippen LogP contribution >= 0.6 is 11.6 Å². The van der Waals surface area contributed by atoms with E-state index in [9.17, 15) is 0 Å². The molecule has 100 valence electrons. The van der Waals surface area contributed by atoms with Gasteiger partial charge in [-0.1, -0.05) is 6.07 Å². The van der Waals surface area contributed by atoms with Crippen molar-refractivity contribution < 1.29 is 0 Å². The van der Waals surface area contributed by atoms with Gasteiger partial charge in [0.1, 0.15) is 17.4 Å². The summed E-state index contributed by atoms with van der Waals surface area (Å²) in [6.45, 7) is 0.592. The molecule has 2 heterocycles. The number of imidazole rings is 1. The zero-order chi connectivity index (χ0) is 14.1. The van der Waals surface area contributed by atoms with Crippen LogP contribution in [0.15, 0.2) is 30.5 Å². The van der Waals surface area contributed by atoms with Gasteiger partial charge in [0.15, 0.2) is 0 Å². The van der Waals surface area contributed by atoms with Gasteiger partial charge in [-0.25, -0.2) is 4.98 Å². The van der Waals surface area contributed by atoms with E-state index in [-0.39, 0.29) is 0 Å². The Balaban J connectivity index is 2.16. The maximum atomic E-state index is 9.15. The molecule has 0 N–H and O–H groups in total. The molecule has 0 saturated heterocycles. The van der Waals surface area contributed by atoms with E-state index in [1.807, 2.05) is 36.0 Å². The second-order valence-electron chi connectivity index (χ2n) is 4.51. The topological polar surface area (TPSA) is 59.4 Å². The lowest BCUT2D eigenvalue weighted by molar-refractivity contribution is 0.701. The number of fused-ring (bicyclic) bond motifs is 1. The van der Waals surface area contributed by atoms with Crippen molar-refractivity contribution in [2.24, 2.45) is 7.05 Å². The maximum Gasteiger partial charge on any atom is 0.125 e. The molecule has 3 aromatic rings. The van der Waals surface area contributed by atoms with Crippen LogP contribution in [0.5, 0.6) is 0 Å². The molecule has 0 unspecified atom stereocenters. The number of alkyl halides is 1. The lowest BCUT2D eigenvalue weighted by Crippen LogP contribution is -2.05. The molecule has 6 heteroatoms. The first-order chi connectivity index (χ1) is 9.72. The number of aromatic nitrogens is 4. The summed E-state index contributed by atoms with van der Waals surface area (Å²) < 4.78 is 3.76. The zero-order valence-corrected chi connectivity index (χ0v) is 11.7. The Morgan fingerprint density at radius 1 is 1.35 bits per heavy atom. The largest absolute Gasteiger partial charge is 0.321 e. The molecule has 1 aromatic carbocycles. The Kier molecular flexibility index (Phi) is 3.17. The highest BCUT2D eigenvalue weighted by molar-refractivity contribution is 6.16. The Hall–Kier alpha value is -2.32. The van der Waals surface area contributed by atoms with Gasteiger partial charge in [0.25, 0.3) is 0 Å². The van der Waals surface area contributed by atoms with Crippen LogP contribution in [0.4, 0.5) is 0 Å². The van der Waals surface area contributed by atoms with Gasteiger partial charge in [-0.3, -0.25) is 4.68 Å². The summed E-state index contributed by atoms with van der Waals surface area (Å²) in [5.74, 6) is 1.04. The first-order valence-electron chi connectivity index (χ1n) is 6.15. The van der Waals surface area contributed by atoms with Gasteiger partial charge in [-0.2, -0.15) is 10.4 Å². The third-order valence-electron chi connectivity index (χ3n) is 3.19. The summed E-state index contributed by atoms with van der Waals surface area (Å²) in [4.78, 5) is 4.48. The van der Waals surface area contributed by atoms with Crippen molar-refractivity contribution in [3.8, 4) is 6.07 Å². The Labute approximate surface area is 121 Å². The standard InChI is InChI=1S/C14H12ClN5/c1-19-6-5-11(18-19)9-20-12-4-2-3-10(8-16)14(12)17-13(20)7-15/h2-6H,7,9H2,1H3. The van der Waals surface area contributed by atoms with E-state index in [1.165, 1.54) is 0 Å². The first-order valence-corrected chi connectivity index (χ1v) is 6.69. The van der Waals surface area contributed by atoms with E-state index in [2.05, 4.69) is 16.2 Å². The van der Waals surface area contributed by atoms with Crippen molar-refractivity contribution >= 4 is 22.6 Å². The van der Waals surface area contributed by atoms with E-state index >= 15 is 0 Å². The van der Waals surface area contributed by atoms with Crippen LogP contribution in [0.3, 0.4) is 0 Å². The van der Waals surface area contributed by atoms with Gasteiger partial charge >= 0.3 is 0 Å². The normalized spacial score (nSPS) is 10.8. The fraction of sp³-hybridized carbons (Fsp3) is 0.214. The van der Waals surface area contributed by atoms with Crippen molar-refractivity contribution in [3.05, 3.63) is 47.5 Å². The van der Waals surface area contributed by atoms with Crippen LogP contribution in [0.1, 0.15) is 17.1 Å². The third-order valence-corrected chi connectivity index (χ3v) is 3.43. The van der Waals surface area contributed by atoms with E-state index < -0.39 is 0 Å². The summed E-state index contributed by atoms with van der Waals surface area (Å²) in [5.41, 5.74) is 3.10. The summed E-state index contributed by atoms with van der Waals surface area (Å²) in [6, 6.07) is 9.69. The number of nitriles is 1. The van der Waals surface area contributed by atoms with E-state index in [1.54, 1.807) is 10.7 Å². The number of hydrogen-bond donors (Lipinski definition) is 0. The summed E-state index contributed by atoms with van der Waals surface area (Å²) >= 11 is 5.98. The molecular weight excluding hydrogens is 274 g/mol. The van der Waals surface area contributed by atoms with E-state index in [0.29, 0.717) is 23.5 Å². The van der Waals surface area contributed by atoms with Gasteiger partial charge in [-0.15, -0.1) is 11.6 Å². The molecule has 3 rings (SSSR count). The highest BCUT2D eigenvalue weighted by atomic mass is 35.5. The van der Waals surface area contributed by atoms with Crippen molar-refractivity contribution in [2.75, 3.05) is 0 Å². The number of benzene rings is 1. The number of halogens is 1. The second-order valence-corrected chi connectivity index (χ2v) is 4.78. The molecule has 0 fully saturated rings. The molecule has 0 spiro atoms. The lowest BCUT2D eigenvalue weighted by atomic mass is 10.2. The van der Waals surface area contributed by atoms with Crippen LogP contribution in [0, 0.1) is 11.3 Å². The Morgan fingerprint density at radius 3 is 2.85 bits per heavy atom. The molecule has 0 radical (unpaired) electrons. The average molecular weight is 286 g/mol. The summed E-state index contributed by atoms with van der Waals surface area (Å²) in [5, 5.41) is 13.5. The SMILES string of the molecule is Cn1ccc(Cn2c(CCl)nc3c(C#N)cccc32)n1. The monoisotopic (exact) mass is 285 g/mol. The van der Waals surface area contributed by atoms with Gasteiger partial charge in [-0.05, 0) is 18.2 Å².